The van der Waals surface area contributed by atoms with Crippen molar-refractivity contribution >= 4 is 16.4 Å². The van der Waals surface area contributed by atoms with Gasteiger partial charge in [-0.1, -0.05) is 43.1 Å². The van der Waals surface area contributed by atoms with Crippen LogP contribution in [0.4, 0.5) is 4.39 Å². The van der Waals surface area contributed by atoms with Crippen molar-refractivity contribution in [3.63, 3.8) is 0 Å². The van der Waals surface area contributed by atoms with E-state index in [2.05, 4.69) is 37.9 Å². The molecule has 4 atom stereocenters. The zero-order valence-corrected chi connectivity index (χ0v) is 19.3. The van der Waals surface area contributed by atoms with Crippen LogP contribution in [-0.2, 0) is 19.3 Å². The minimum Gasteiger partial charge on any atom is -0.327 e. The van der Waals surface area contributed by atoms with Crippen molar-refractivity contribution in [2.75, 3.05) is 5.75 Å². The van der Waals surface area contributed by atoms with Gasteiger partial charge in [0.05, 0.1) is 4.87 Å². The smallest absolute Gasteiger partial charge is 0.123 e. The summed E-state index contributed by atoms with van der Waals surface area (Å²) in [5.41, 5.74) is 18.4. The Morgan fingerprint density at radius 1 is 1.17 bits per heavy atom. The maximum atomic E-state index is 13.3. The fourth-order valence-electron chi connectivity index (χ4n) is 4.53. The van der Waals surface area contributed by atoms with Crippen molar-refractivity contribution in [2.45, 2.75) is 75.6 Å². The molecule has 1 aliphatic rings. The van der Waals surface area contributed by atoms with Crippen LogP contribution in [0.15, 0.2) is 42.5 Å². The lowest BCUT2D eigenvalue weighted by Gasteiger charge is -2.32. The Morgan fingerprint density at radius 2 is 1.87 bits per heavy atom. The van der Waals surface area contributed by atoms with Crippen LogP contribution in [0, 0.1) is 5.82 Å². The predicted molar refractivity (Wildman–Crippen MR) is 131 cm³/mol. The first-order chi connectivity index (χ1) is 14.3. The van der Waals surface area contributed by atoms with Gasteiger partial charge in [0, 0.05) is 12.0 Å². The molecule has 0 spiro atoms. The molecule has 0 aliphatic heterocycles. The molecule has 0 saturated carbocycles. The summed E-state index contributed by atoms with van der Waals surface area (Å²) in [4.78, 5) is -0.183. The summed E-state index contributed by atoms with van der Waals surface area (Å²) in [6.07, 6.45) is 7.15. The molecule has 2 nitrogen and oxygen atoms in total. The zero-order chi connectivity index (χ0) is 21.7. The maximum absolute atomic E-state index is 13.3. The maximum Gasteiger partial charge on any atom is 0.123 e. The molecule has 164 valence electrons. The fraction of sp³-hybridized carbons (Fsp3) is 0.500. The summed E-state index contributed by atoms with van der Waals surface area (Å²) in [6, 6.07) is 13.9. The zero-order valence-electron chi connectivity index (χ0n) is 18.5. The van der Waals surface area contributed by atoms with Gasteiger partial charge < -0.3 is 11.5 Å². The van der Waals surface area contributed by atoms with Crippen LogP contribution in [-0.4, -0.2) is 22.5 Å². The number of fused-ring (bicyclic) bond motifs is 1. The molecule has 0 heterocycles. The molecule has 2 aromatic rings. The first-order valence-electron chi connectivity index (χ1n) is 11.2. The van der Waals surface area contributed by atoms with Crippen LogP contribution in [0.25, 0.3) is 0 Å². The number of benzene rings is 2. The standard InChI is InChI=1S/C26H37FN2S/c1-4-16-30(3)26(2,29)15-5-6-19-7-10-21-11-14-25(28)24(23(21)17-19)18-20-8-12-22(27)13-9-20/h7-10,12-13,17,24-25H,3-6,11,14-16,18,28-29H2,1-2H3. The van der Waals surface area contributed by atoms with Gasteiger partial charge in [-0.2, -0.15) is 10.5 Å². The highest BCUT2D eigenvalue weighted by Crippen LogP contribution is 2.35. The third-order valence-electron chi connectivity index (χ3n) is 6.49. The van der Waals surface area contributed by atoms with E-state index in [1.165, 1.54) is 16.7 Å². The van der Waals surface area contributed by atoms with Gasteiger partial charge >= 0.3 is 0 Å². The van der Waals surface area contributed by atoms with Gasteiger partial charge in [-0.15, -0.1) is 0 Å². The normalized spacial score (nSPS) is 21.6. The average molecular weight is 429 g/mol. The second-order valence-electron chi connectivity index (χ2n) is 9.04. The summed E-state index contributed by atoms with van der Waals surface area (Å²) in [6.45, 7) is 4.35. The van der Waals surface area contributed by atoms with Gasteiger partial charge in [0.2, 0.25) is 0 Å². The summed E-state index contributed by atoms with van der Waals surface area (Å²) in [5, 5.41) is 0. The highest BCUT2D eigenvalue weighted by Gasteiger charge is 2.27. The molecule has 0 fully saturated rings. The van der Waals surface area contributed by atoms with Gasteiger partial charge in [0.15, 0.2) is 0 Å². The Kier molecular flexibility index (Phi) is 7.89. The number of aryl methyl sites for hydroxylation is 2. The topological polar surface area (TPSA) is 52.0 Å². The van der Waals surface area contributed by atoms with Crippen molar-refractivity contribution in [2.24, 2.45) is 11.5 Å². The molecule has 1 aliphatic carbocycles. The molecule has 4 N–H and O–H groups in total. The third-order valence-corrected chi connectivity index (χ3v) is 8.92. The molecular formula is C26H37FN2S. The van der Waals surface area contributed by atoms with Gasteiger partial charge in [-0.25, -0.2) is 4.39 Å². The third kappa shape index (κ3) is 5.81. The second kappa shape index (κ2) is 10.2. The van der Waals surface area contributed by atoms with E-state index in [0.29, 0.717) is 0 Å². The van der Waals surface area contributed by atoms with Crippen LogP contribution in [0.5, 0.6) is 0 Å². The van der Waals surface area contributed by atoms with Gasteiger partial charge in [0.1, 0.15) is 5.82 Å². The minimum atomic E-state index is -0.189. The highest BCUT2D eigenvalue weighted by molar-refractivity contribution is 8.15. The first-order valence-corrected chi connectivity index (χ1v) is 12.8. The van der Waals surface area contributed by atoms with Crippen LogP contribution < -0.4 is 11.5 Å². The molecule has 0 aromatic heterocycles. The van der Waals surface area contributed by atoms with Crippen molar-refractivity contribution in [1.82, 2.24) is 0 Å². The van der Waals surface area contributed by atoms with Crippen molar-refractivity contribution in [3.05, 3.63) is 70.5 Å². The lowest BCUT2D eigenvalue weighted by atomic mass is 9.76. The number of nitrogens with two attached hydrogens (primary N) is 2. The molecule has 0 saturated heterocycles. The Balaban J connectivity index is 1.70. The molecule has 0 bridgehead atoms. The lowest BCUT2D eigenvalue weighted by molar-refractivity contribution is 0.466. The van der Waals surface area contributed by atoms with Gasteiger partial charge in [-0.3, -0.25) is 0 Å². The van der Waals surface area contributed by atoms with Crippen LogP contribution >= 0.6 is 10.5 Å². The number of hydrogen-bond acceptors (Lipinski definition) is 2. The van der Waals surface area contributed by atoms with E-state index in [0.717, 1.165) is 56.3 Å². The van der Waals surface area contributed by atoms with E-state index in [1.807, 2.05) is 12.1 Å². The van der Waals surface area contributed by atoms with Crippen molar-refractivity contribution in [1.29, 1.82) is 0 Å². The average Bonchev–Trinajstić information content (AvgIpc) is 2.71. The monoisotopic (exact) mass is 428 g/mol. The second-order valence-corrected chi connectivity index (χ2v) is 11.4. The quantitative estimate of drug-likeness (QED) is 0.516. The van der Waals surface area contributed by atoms with E-state index >= 15 is 0 Å². The van der Waals surface area contributed by atoms with E-state index in [9.17, 15) is 4.39 Å². The molecule has 30 heavy (non-hydrogen) atoms. The SMILES string of the molecule is C=S(CCC)C(C)(N)CCCc1ccc2c(c1)C(Cc1ccc(F)cc1)C(N)CC2. The van der Waals surface area contributed by atoms with E-state index < -0.39 is 0 Å². The Labute approximate surface area is 184 Å². The Morgan fingerprint density at radius 3 is 2.57 bits per heavy atom. The largest absolute Gasteiger partial charge is 0.327 e. The number of hydrogen-bond donors (Lipinski definition) is 2. The minimum absolute atomic E-state index is 0.00948. The van der Waals surface area contributed by atoms with E-state index in [1.54, 1.807) is 12.1 Å². The summed E-state index contributed by atoms with van der Waals surface area (Å²) in [5.74, 6) is 5.51. The highest BCUT2D eigenvalue weighted by atomic mass is 32.2. The first kappa shape index (κ1) is 23.2. The summed E-state index contributed by atoms with van der Waals surface area (Å²) >= 11 is 0. The van der Waals surface area contributed by atoms with E-state index in [4.69, 9.17) is 11.5 Å². The lowest BCUT2D eigenvalue weighted by Crippen LogP contribution is -2.34. The van der Waals surface area contributed by atoms with Gasteiger partial charge in [-0.05, 0) is 92.0 Å². The molecule has 4 heteroatoms. The van der Waals surface area contributed by atoms with E-state index in [-0.39, 0.29) is 33.1 Å². The van der Waals surface area contributed by atoms with Gasteiger partial charge in [0.25, 0.3) is 0 Å². The molecular weight excluding hydrogens is 391 g/mol. The van der Waals surface area contributed by atoms with Crippen molar-refractivity contribution in [3.8, 4) is 0 Å². The van der Waals surface area contributed by atoms with Crippen LogP contribution in [0.2, 0.25) is 0 Å². The summed E-state index contributed by atoms with van der Waals surface area (Å²) in [7, 11) is 0.00948. The van der Waals surface area contributed by atoms with Crippen LogP contribution in [0.3, 0.4) is 0 Å². The fourth-order valence-corrected chi connectivity index (χ4v) is 5.92. The van der Waals surface area contributed by atoms with Crippen LogP contribution in [0.1, 0.15) is 67.7 Å². The molecule has 0 amide bonds. The molecule has 3 rings (SSSR count). The predicted octanol–water partition coefficient (Wildman–Crippen LogP) is 5.53. The summed E-state index contributed by atoms with van der Waals surface area (Å²) < 4.78 is 13.3. The Bertz CT molecular complexity index is 860. The number of halogens is 1. The number of rotatable bonds is 9. The van der Waals surface area contributed by atoms with Crippen molar-refractivity contribution < 1.29 is 4.39 Å². The molecule has 0 radical (unpaired) electrons. The molecule has 4 unspecified atom stereocenters. The molecule has 2 aromatic carbocycles. The Hall–Kier alpha value is -1.49.